The maximum absolute atomic E-state index is 11.6. The molecule has 0 saturated heterocycles. The summed E-state index contributed by atoms with van der Waals surface area (Å²) >= 11 is 0. The van der Waals surface area contributed by atoms with Crippen molar-refractivity contribution < 1.29 is 19.7 Å². The van der Waals surface area contributed by atoms with Crippen LogP contribution in [0.5, 0.6) is 0 Å². The Morgan fingerprint density at radius 1 is 1.17 bits per heavy atom. The second-order valence-electron chi connectivity index (χ2n) is 9.15. The highest BCUT2D eigenvalue weighted by Gasteiger charge is 2.50. The Balaban J connectivity index is 1.77. The first-order valence-corrected chi connectivity index (χ1v) is 11.2. The van der Waals surface area contributed by atoms with E-state index in [-0.39, 0.29) is 5.41 Å². The van der Waals surface area contributed by atoms with E-state index in [1.807, 2.05) is 19.1 Å². The lowest BCUT2D eigenvalue weighted by Gasteiger charge is -2.50. The molecule has 30 heavy (non-hydrogen) atoms. The zero-order valence-corrected chi connectivity index (χ0v) is 17.8. The summed E-state index contributed by atoms with van der Waals surface area (Å²) in [4.78, 5) is 11.6. The lowest BCUT2D eigenvalue weighted by Crippen LogP contribution is -2.51. The molecule has 2 aromatic carbocycles. The second kappa shape index (κ2) is 8.52. The van der Waals surface area contributed by atoms with Gasteiger partial charge in [0.2, 0.25) is 0 Å². The molecular formula is C26H32O4. The van der Waals surface area contributed by atoms with E-state index < -0.39 is 11.6 Å². The molecule has 2 aliphatic rings. The molecular weight excluding hydrogens is 376 g/mol. The number of aromatic carboxylic acids is 1. The number of fused-ring (bicyclic) bond motifs is 3. The van der Waals surface area contributed by atoms with Crippen LogP contribution in [-0.4, -0.2) is 35.0 Å². The minimum atomic E-state index is -0.870. The molecule has 0 unspecified atom stereocenters. The average Bonchev–Trinajstić information content (AvgIpc) is 2.89. The molecule has 0 heterocycles. The highest BCUT2D eigenvalue weighted by Crippen LogP contribution is 2.53. The third-order valence-electron chi connectivity index (χ3n) is 7.27. The van der Waals surface area contributed by atoms with Crippen molar-refractivity contribution in [3.8, 4) is 0 Å². The van der Waals surface area contributed by atoms with Crippen molar-refractivity contribution in [1.82, 2.24) is 0 Å². The Kier molecular flexibility index (Phi) is 5.99. The number of hydrogen-bond acceptors (Lipinski definition) is 3. The predicted molar refractivity (Wildman–Crippen MR) is 117 cm³/mol. The van der Waals surface area contributed by atoms with Crippen molar-refractivity contribution in [3.63, 3.8) is 0 Å². The first kappa shape index (κ1) is 21.1. The van der Waals surface area contributed by atoms with Gasteiger partial charge in [0.25, 0.3) is 0 Å². The molecule has 0 amide bonds. The number of carboxylic acids is 1. The van der Waals surface area contributed by atoms with E-state index in [9.17, 15) is 15.0 Å². The van der Waals surface area contributed by atoms with Crippen molar-refractivity contribution in [2.24, 2.45) is 5.92 Å². The van der Waals surface area contributed by atoms with Gasteiger partial charge < -0.3 is 14.9 Å². The molecule has 2 aliphatic carbocycles. The van der Waals surface area contributed by atoms with Gasteiger partial charge in [-0.25, -0.2) is 4.79 Å². The quantitative estimate of drug-likeness (QED) is 0.723. The fraction of sp³-hybridized carbons (Fsp3) is 0.500. The molecule has 160 valence electrons. The number of carbonyl (C=O) groups is 1. The smallest absolute Gasteiger partial charge is 0.335 e. The van der Waals surface area contributed by atoms with Crippen LogP contribution in [0.25, 0.3) is 0 Å². The molecule has 1 fully saturated rings. The van der Waals surface area contributed by atoms with Gasteiger partial charge in [0, 0.05) is 12.0 Å². The van der Waals surface area contributed by atoms with E-state index in [4.69, 9.17) is 4.74 Å². The van der Waals surface area contributed by atoms with Gasteiger partial charge in [0.05, 0.1) is 17.8 Å². The van der Waals surface area contributed by atoms with Crippen LogP contribution in [0.3, 0.4) is 0 Å². The van der Waals surface area contributed by atoms with Crippen molar-refractivity contribution in [2.45, 2.75) is 62.9 Å². The average molecular weight is 409 g/mol. The summed E-state index contributed by atoms with van der Waals surface area (Å²) in [6.07, 6.45) is 6.20. The number of ether oxygens (including phenoxy) is 1. The number of benzene rings is 2. The molecule has 4 nitrogen and oxygen atoms in total. The van der Waals surface area contributed by atoms with Crippen LogP contribution >= 0.6 is 0 Å². The number of rotatable bonds is 6. The van der Waals surface area contributed by atoms with Gasteiger partial charge >= 0.3 is 5.97 Å². The molecule has 2 aromatic rings. The molecule has 2 N–H and O–H groups in total. The summed E-state index contributed by atoms with van der Waals surface area (Å²) in [7, 11) is 0. The SMILES string of the molecule is CCOC[C@]1(O)CC[C@]2(Cc3ccccc3)c3ccc(C(=O)O)cc3CCC[C@@H]2C1. The summed E-state index contributed by atoms with van der Waals surface area (Å²) in [6.45, 7) is 2.98. The Bertz CT molecular complexity index is 893. The van der Waals surface area contributed by atoms with E-state index >= 15 is 0 Å². The Labute approximate surface area is 178 Å². The van der Waals surface area contributed by atoms with Crippen molar-refractivity contribution >= 4 is 5.97 Å². The van der Waals surface area contributed by atoms with Gasteiger partial charge in [-0.05, 0) is 86.6 Å². The first-order chi connectivity index (χ1) is 14.5. The van der Waals surface area contributed by atoms with Crippen LogP contribution in [0.2, 0.25) is 0 Å². The van der Waals surface area contributed by atoms with Crippen molar-refractivity contribution in [1.29, 1.82) is 0 Å². The van der Waals surface area contributed by atoms with Crippen LogP contribution in [0, 0.1) is 5.92 Å². The highest BCUT2D eigenvalue weighted by molar-refractivity contribution is 5.88. The zero-order chi connectivity index (χ0) is 21.2. The molecule has 3 atom stereocenters. The predicted octanol–water partition coefficient (Wildman–Crippen LogP) is 4.77. The van der Waals surface area contributed by atoms with E-state index in [0.717, 1.165) is 38.5 Å². The zero-order valence-electron chi connectivity index (χ0n) is 17.8. The molecule has 0 bridgehead atoms. The summed E-state index contributed by atoms with van der Waals surface area (Å²) in [5, 5.41) is 20.8. The monoisotopic (exact) mass is 408 g/mol. The second-order valence-corrected chi connectivity index (χ2v) is 9.15. The molecule has 0 aliphatic heterocycles. The molecule has 0 aromatic heterocycles. The minimum absolute atomic E-state index is 0.0807. The van der Waals surface area contributed by atoms with E-state index in [1.54, 1.807) is 6.07 Å². The van der Waals surface area contributed by atoms with Gasteiger partial charge in [-0.2, -0.15) is 0 Å². The summed E-state index contributed by atoms with van der Waals surface area (Å²) < 4.78 is 5.63. The minimum Gasteiger partial charge on any atom is -0.478 e. The molecule has 4 heteroatoms. The topological polar surface area (TPSA) is 66.8 Å². The molecule has 0 spiro atoms. The Hall–Kier alpha value is -2.17. The summed E-state index contributed by atoms with van der Waals surface area (Å²) in [6, 6.07) is 16.3. The highest BCUT2D eigenvalue weighted by atomic mass is 16.5. The fourth-order valence-electron chi connectivity index (χ4n) is 5.82. The third-order valence-corrected chi connectivity index (χ3v) is 7.27. The maximum atomic E-state index is 11.6. The standard InChI is InChI=1S/C26H32O4/c1-2-30-18-25(29)13-14-26(16-19-7-4-3-5-8-19)22(17-25)10-6-9-20-15-21(24(27)28)11-12-23(20)26/h3-5,7-8,11-12,15,22,29H,2,6,9-10,13-14,16-18H2,1H3,(H,27,28)/t22-,25+,26-/m1/s1. The van der Waals surface area contributed by atoms with Gasteiger partial charge in [0.1, 0.15) is 0 Å². The normalized spacial score (nSPS) is 28.3. The van der Waals surface area contributed by atoms with Gasteiger partial charge in [-0.15, -0.1) is 0 Å². The lowest BCUT2D eigenvalue weighted by molar-refractivity contribution is -0.0970. The molecule has 1 saturated carbocycles. The van der Waals surface area contributed by atoms with Crippen LogP contribution in [0.1, 0.15) is 66.1 Å². The van der Waals surface area contributed by atoms with Gasteiger partial charge in [-0.3, -0.25) is 0 Å². The fourth-order valence-corrected chi connectivity index (χ4v) is 5.82. The van der Waals surface area contributed by atoms with E-state index in [2.05, 4.69) is 30.3 Å². The number of aliphatic hydroxyl groups is 1. The van der Waals surface area contributed by atoms with Crippen molar-refractivity contribution in [3.05, 3.63) is 70.8 Å². The maximum Gasteiger partial charge on any atom is 0.335 e. The number of aryl methyl sites for hydroxylation is 1. The lowest BCUT2D eigenvalue weighted by atomic mass is 9.56. The van der Waals surface area contributed by atoms with Crippen LogP contribution < -0.4 is 0 Å². The van der Waals surface area contributed by atoms with Gasteiger partial charge in [0.15, 0.2) is 0 Å². The largest absolute Gasteiger partial charge is 0.478 e. The van der Waals surface area contributed by atoms with E-state index in [1.165, 1.54) is 16.7 Å². The summed E-state index contributed by atoms with van der Waals surface area (Å²) in [5.74, 6) is -0.528. The molecule has 4 rings (SSSR count). The Morgan fingerprint density at radius 2 is 1.97 bits per heavy atom. The van der Waals surface area contributed by atoms with Crippen molar-refractivity contribution in [2.75, 3.05) is 13.2 Å². The first-order valence-electron chi connectivity index (χ1n) is 11.2. The van der Waals surface area contributed by atoms with Gasteiger partial charge in [-0.1, -0.05) is 36.4 Å². The summed E-state index contributed by atoms with van der Waals surface area (Å²) in [5.41, 5.74) is 3.27. The third kappa shape index (κ3) is 4.03. The van der Waals surface area contributed by atoms with E-state index in [0.29, 0.717) is 31.1 Å². The van der Waals surface area contributed by atoms with Crippen LogP contribution in [0.15, 0.2) is 48.5 Å². The van der Waals surface area contributed by atoms with Crippen LogP contribution in [0.4, 0.5) is 0 Å². The number of carboxylic acid groups (broad SMARTS) is 1. The van der Waals surface area contributed by atoms with Crippen LogP contribution in [-0.2, 0) is 23.0 Å². The molecule has 0 radical (unpaired) electrons. The number of hydrogen-bond donors (Lipinski definition) is 2. The Morgan fingerprint density at radius 3 is 2.70 bits per heavy atom.